The Hall–Kier alpha value is -3.27. The summed E-state index contributed by atoms with van der Waals surface area (Å²) in [7, 11) is 1.53. The molecule has 7 nitrogen and oxygen atoms in total. The van der Waals surface area contributed by atoms with E-state index in [2.05, 4.69) is 20.9 Å². The Bertz CT molecular complexity index is 960. The maximum absolute atomic E-state index is 13.2. The highest BCUT2D eigenvalue weighted by molar-refractivity contribution is 6.04. The third-order valence-corrected chi connectivity index (χ3v) is 5.02. The summed E-state index contributed by atoms with van der Waals surface area (Å²) in [4.78, 5) is 27.2. The molecule has 10 heteroatoms. The zero-order valence-electron chi connectivity index (χ0n) is 17.6. The van der Waals surface area contributed by atoms with Gasteiger partial charge in [-0.3, -0.25) is 4.79 Å². The highest BCUT2D eigenvalue weighted by Crippen LogP contribution is 2.34. The molecule has 1 aliphatic rings. The monoisotopic (exact) mass is 450 g/mol. The van der Waals surface area contributed by atoms with Gasteiger partial charge in [-0.05, 0) is 43.2 Å². The summed E-state index contributed by atoms with van der Waals surface area (Å²) in [6.07, 6.45) is -2.56. The molecule has 0 unspecified atom stereocenters. The van der Waals surface area contributed by atoms with E-state index < -0.39 is 17.8 Å². The number of ether oxygens (including phenoxy) is 1. The number of para-hydroxylation sites is 1. The van der Waals surface area contributed by atoms with Crippen LogP contribution in [0.25, 0.3) is 0 Å². The Kier molecular flexibility index (Phi) is 7.57. The minimum absolute atomic E-state index is 0.284. The van der Waals surface area contributed by atoms with Crippen LogP contribution in [0.15, 0.2) is 42.5 Å². The van der Waals surface area contributed by atoms with Crippen molar-refractivity contribution in [1.82, 2.24) is 5.32 Å². The van der Waals surface area contributed by atoms with Crippen molar-refractivity contribution in [2.24, 2.45) is 0 Å². The number of halogens is 3. The van der Waals surface area contributed by atoms with Crippen LogP contribution < -0.4 is 20.9 Å². The van der Waals surface area contributed by atoms with E-state index >= 15 is 0 Å². The van der Waals surface area contributed by atoms with Crippen LogP contribution in [0.5, 0.6) is 0 Å². The molecular formula is C22H25F3N4O3. The molecule has 0 spiro atoms. The zero-order chi connectivity index (χ0) is 23.1. The Balaban J connectivity index is 1.78. The average molecular weight is 450 g/mol. The number of hydrogen-bond acceptors (Lipinski definition) is 4. The van der Waals surface area contributed by atoms with Gasteiger partial charge in [0.2, 0.25) is 0 Å². The minimum atomic E-state index is -4.60. The Morgan fingerprint density at radius 3 is 2.47 bits per heavy atom. The number of hydrogen-bond donors (Lipinski definition) is 3. The van der Waals surface area contributed by atoms with Crippen LogP contribution in [0.2, 0.25) is 0 Å². The van der Waals surface area contributed by atoms with Crippen LogP contribution >= 0.6 is 0 Å². The Morgan fingerprint density at radius 2 is 1.78 bits per heavy atom. The van der Waals surface area contributed by atoms with E-state index in [9.17, 15) is 22.8 Å². The smallest absolute Gasteiger partial charge is 0.383 e. The first-order valence-electron chi connectivity index (χ1n) is 10.2. The normalized spacial score (nSPS) is 13.7. The molecule has 0 saturated carbocycles. The highest BCUT2D eigenvalue weighted by atomic mass is 19.4. The van der Waals surface area contributed by atoms with E-state index in [0.29, 0.717) is 18.7 Å². The molecule has 3 N–H and O–H groups in total. The number of alkyl halides is 3. The molecule has 0 atom stereocenters. The van der Waals surface area contributed by atoms with Crippen molar-refractivity contribution < 1.29 is 27.5 Å². The molecule has 1 heterocycles. The molecule has 1 aliphatic heterocycles. The van der Waals surface area contributed by atoms with Gasteiger partial charge in [-0.2, -0.15) is 13.2 Å². The van der Waals surface area contributed by atoms with Gasteiger partial charge in [0.1, 0.15) is 0 Å². The molecule has 0 bridgehead atoms. The SMILES string of the molecule is COCCNC(=O)c1cc(NC(=O)Nc2ccccc2C(F)(F)F)ccc1N1CCCC1. The second kappa shape index (κ2) is 10.4. The third kappa shape index (κ3) is 5.91. The van der Waals surface area contributed by atoms with Gasteiger partial charge in [-0.25, -0.2) is 4.79 Å². The number of amides is 3. The average Bonchev–Trinajstić information content (AvgIpc) is 3.28. The summed E-state index contributed by atoms with van der Waals surface area (Å²) in [5, 5.41) is 7.50. The fourth-order valence-corrected chi connectivity index (χ4v) is 3.52. The van der Waals surface area contributed by atoms with E-state index in [1.807, 2.05) is 0 Å². The van der Waals surface area contributed by atoms with Crippen LogP contribution in [-0.2, 0) is 10.9 Å². The van der Waals surface area contributed by atoms with Crippen molar-refractivity contribution >= 4 is 29.0 Å². The van der Waals surface area contributed by atoms with Crippen molar-refractivity contribution in [3.63, 3.8) is 0 Å². The minimum Gasteiger partial charge on any atom is -0.383 e. The Morgan fingerprint density at radius 1 is 1.06 bits per heavy atom. The van der Waals surface area contributed by atoms with Crippen molar-refractivity contribution in [1.29, 1.82) is 0 Å². The van der Waals surface area contributed by atoms with Crippen molar-refractivity contribution in [2.75, 3.05) is 48.9 Å². The fourth-order valence-electron chi connectivity index (χ4n) is 3.52. The standard InChI is InChI=1S/C22H25F3N4O3/c1-32-13-10-26-20(30)16-14-15(8-9-19(16)29-11-4-5-12-29)27-21(31)28-18-7-3-2-6-17(18)22(23,24)25/h2-3,6-9,14H,4-5,10-13H2,1H3,(H,26,30)(H2,27,28,31). The number of nitrogens with one attached hydrogen (secondary N) is 3. The summed E-state index contributed by atoms with van der Waals surface area (Å²) in [5.41, 5.74) is 0.0931. The number of anilines is 3. The van der Waals surface area contributed by atoms with Crippen LogP contribution in [0, 0.1) is 0 Å². The summed E-state index contributed by atoms with van der Waals surface area (Å²) in [5.74, 6) is -0.324. The first-order valence-corrected chi connectivity index (χ1v) is 10.2. The number of nitrogens with zero attached hydrogens (tertiary/aromatic N) is 1. The molecular weight excluding hydrogens is 425 g/mol. The molecule has 0 aliphatic carbocycles. The zero-order valence-corrected chi connectivity index (χ0v) is 17.6. The van der Waals surface area contributed by atoms with Gasteiger partial charge in [-0.1, -0.05) is 12.1 Å². The molecule has 1 saturated heterocycles. The van der Waals surface area contributed by atoms with Gasteiger partial charge in [0, 0.05) is 38.1 Å². The van der Waals surface area contributed by atoms with Gasteiger partial charge in [0.25, 0.3) is 5.91 Å². The second-order valence-corrected chi connectivity index (χ2v) is 7.30. The lowest BCUT2D eigenvalue weighted by Gasteiger charge is -2.22. The van der Waals surface area contributed by atoms with E-state index in [-0.39, 0.29) is 17.3 Å². The molecule has 1 fully saturated rings. The number of methoxy groups -OCH3 is 1. The van der Waals surface area contributed by atoms with Crippen LogP contribution in [0.3, 0.4) is 0 Å². The number of urea groups is 1. The predicted octanol–water partition coefficient (Wildman–Crippen LogP) is 4.33. The number of rotatable bonds is 7. The lowest BCUT2D eigenvalue weighted by molar-refractivity contribution is -0.136. The fraction of sp³-hybridized carbons (Fsp3) is 0.364. The van der Waals surface area contributed by atoms with E-state index in [1.165, 1.54) is 31.4 Å². The molecule has 0 aromatic heterocycles. The predicted molar refractivity (Wildman–Crippen MR) is 116 cm³/mol. The number of carbonyl (C=O) groups is 2. The maximum Gasteiger partial charge on any atom is 0.418 e. The van der Waals surface area contributed by atoms with Crippen LogP contribution in [0.1, 0.15) is 28.8 Å². The van der Waals surface area contributed by atoms with Gasteiger partial charge in [-0.15, -0.1) is 0 Å². The Labute approximate surface area is 183 Å². The second-order valence-electron chi connectivity index (χ2n) is 7.30. The largest absolute Gasteiger partial charge is 0.418 e. The molecule has 0 radical (unpaired) electrons. The lowest BCUT2D eigenvalue weighted by Crippen LogP contribution is -2.30. The van der Waals surface area contributed by atoms with Crippen molar-refractivity contribution in [2.45, 2.75) is 19.0 Å². The van der Waals surface area contributed by atoms with E-state index in [1.54, 1.807) is 12.1 Å². The van der Waals surface area contributed by atoms with Crippen LogP contribution in [-0.4, -0.2) is 45.3 Å². The van der Waals surface area contributed by atoms with Gasteiger partial charge >= 0.3 is 12.2 Å². The van der Waals surface area contributed by atoms with Gasteiger partial charge < -0.3 is 25.6 Å². The summed E-state index contributed by atoms with van der Waals surface area (Å²) in [6.45, 7) is 2.31. The molecule has 3 amide bonds. The van der Waals surface area contributed by atoms with Gasteiger partial charge in [0.15, 0.2) is 0 Å². The molecule has 172 valence electrons. The van der Waals surface area contributed by atoms with Gasteiger partial charge in [0.05, 0.1) is 23.4 Å². The number of carbonyl (C=O) groups excluding carboxylic acids is 2. The van der Waals surface area contributed by atoms with E-state index in [0.717, 1.165) is 37.7 Å². The van der Waals surface area contributed by atoms with Crippen molar-refractivity contribution in [3.8, 4) is 0 Å². The summed E-state index contributed by atoms with van der Waals surface area (Å²) < 4.78 is 44.4. The maximum atomic E-state index is 13.2. The summed E-state index contributed by atoms with van der Waals surface area (Å²) in [6, 6.07) is 8.74. The third-order valence-electron chi connectivity index (χ3n) is 5.02. The van der Waals surface area contributed by atoms with Crippen molar-refractivity contribution in [3.05, 3.63) is 53.6 Å². The van der Waals surface area contributed by atoms with E-state index in [4.69, 9.17) is 4.74 Å². The first kappa shape index (κ1) is 23.4. The molecule has 3 rings (SSSR count). The quantitative estimate of drug-likeness (QED) is 0.549. The van der Waals surface area contributed by atoms with Crippen LogP contribution in [0.4, 0.5) is 35.0 Å². The summed E-state index contributed by atoms with van der Waals surface area (Å²) >= 11 is 0. The number of benzene rings is 2. The first-order chi connectivity index (χ1) is 15.3. The molecule has 32 heavy (non-hydrogen) atoms. The topological polar surface area (TPSA) is 82.7 Å². The lowest BCUT2D eigenvalue weighted by atomic mass is 10.1. The highest BCUT2D eigenvalue weighted by Gasteiger charge is 2.33. The molecule has 2 aromatic carbocycles. The molecule has 2 aromatic rings.